The van der Waals surface area contributed by atoms with Crippen molar-refractivity contribution in [3.05, 3.63) is 111 Å². The number of aldehydes is 1. The van der Waals surface area contributed by atoms with E-state index in [1.807, 2.05) is 43.0 Å². The minimum Gasteiger partial charge on any atom is -0.496 e. The Labute approximate surface area is 275 Å². The number of carbonyl (C=O) groups excluding carboxylic acids is 2. The molecule has 1 aromatic heterocycles. The smallest absolute Gasteiger partial charge is 0.417 e. The number of nitrogens with zero attached hydrogens (tertiary/aromatic N) is 2. The monoisotopic (exact) mass is 657 g/mol. The molecule has 2 heterocycles. The lowest BCUT2D eigenvalue weighted by atomic mass is 9.92. The molecule has 48 heavy (non-hydrogen) atoms. The van der Waals surface area contributed by atoms with E-state index in [0.29, 0.717) is 41.6 Å². The number of aromatic nitrogens is 1. The molecule has 8 nitrogen and oxygen atoms in total. The maximum atomic E-state index is 14.3. The maximum Gasteiger partial charge on any atom is 0.417 e. The lowest BCUT2D eigenvalue weighted by molar-refractivity contribution is -0.141. The van der Waals surface area contributed by atoms with Crippen LogP contribution in [0.4, 0.5) is 18.9 Å². The third-order valence-corrected chi connectivity index (χ3v) is 8.62. The Morgan fingerprint density at radius 3 is 2.35 bits per heavy atom. The van der Waals surface area contributed by atoms with Gasteiger partial charge in [-0.25, -0.2) is 0 Å². The molecule has 248 valence electrons. The molecule has 2 N–H and O–H groups in total. The number of alkyl halides is 3. The van der Waals surface area contributed by atoms with Gasteiger partial charge in [-0.05, 0) is 90.5 Å². The van der Waals surface area contributed by atoms with Crippen molar-refractivity contribution < 1.29 is 37.4 Å². The number of hydrogen-bond donors (Lipinski definition) is 2. The number of carbonyl (C=O) groups is 3. The molecule has 1 saturated heterocycles. The van der Waals surface area contributed by atoms with Crippen molar-refractivity contribution in [2.75, 3.05) is 25.5 Å². The quantitative estimate of drug-likeness (QED) is 0.134. The van der Waals surface area contributed by atoms with Crippen LogP contribution in [0, 0.1) is 19.8 Å². The molecule has 1 aliphatic rings. The van der Waals surface area contributed by atoms with Gasteiger partial charge in [-0.3, -0.25) is 24.3 Å². The zero-order valence-electron chi connectivity index (χ0n) is 26.6. The summed E-state index contributed by atoms with van der Waals surface area (Å²) in [5.74, 6) is -1.61. The normalized spacial score (nSPS) is 15.1. The number of anilines is 1. The van der Waals surface area contributed by atoms with Gasteiger partial charge in [0.15, 0.2) is 6.29 Å². The summed E-state index contributed by atoms with van der Waals surface area (Å²) in [7, 11) is 1.40. The zero-order valence-corrected chi connectivity index (χ0v) is 26.6. The number of aliphatic carboxylic acids is 1. The fourth-order valence-corrected chi connectivity index (χ4v) is 5.92. The molecule has 11 heteroatoms. The summed E-state index contributed by atoms with van der Waals surface area (Å²) in [4.78, 5) is 41.0. The van der Waals surface area contributed by atoms with Gasteiger partial charge < -0.3 is 15.2 Å². The van der Waals surface area contributed by atoms with Gasteiger partial charge in [0.05, 0.1) is 18.6 Å². The van der Waals surface area contributed by atoms with E-state index in [-0.39, 0.29) is 30.1 Å². The van der Waals surface area contributed by atoms with Gasteiger partial charge in [-0.15, -0.1) is 0 Å². The summed E-state index contributed by atoms with van der Waals surface area (Å²) in [5, 5.41) is 12.2. The molecule has 3 aromatic carbocycles. The van der Waals surface area contributed by atoms with E-state index < -0.39 is 29.5 Å². The number of halogens is 3. The number of carboxylic acids is 1. The van der Waals surface area contributed by atoms with Gasteiger partial charge in [0.25, 0.3) is 5.91 Å². The van der Waals surface area contributed by atoms with Gasteiger partial charge in [-0.2, -0.15) is 13.2 Å². The Hall–Kier alpha value is -5.29. The third kappa shape index (κ3) is 7.47. The highest BCUT2D eigenvalue weighted by Crippen LogP contribution is 2.38. The molecule has 0 saturated carbocycles. The Kier molecular flexibility index (Phi) is 10.1. The summed E-state index contributed by atoms with van der Waals surface area (Å²) in [6.45, 7) is 4.62. The highest BCUT2D eigenvalue weighted by atomic mass is 19.4. The lowest BCUT2D eigenvalue weighted by Gasteiger charge is -2.20. The van der Waals surface area contributed by atoms with Crippen molar-refractivity contribution >= 4 is 36.0 Å². The zero-order chi connectivity index (χ0) is 34.6. The number of pyridine rings is 1. The Morgan fingerprint density at radius 1 is 1.02 bits per heavy atom. The lowest BCUT2D eigenvalue weighted by Crippen LogP contribution is -2.23. The van der Waals surface area contributed by atoms with Crippen LogP contribution in [0.25, 0.3) is 23.3 Å². The number of carboxylic acid groups (broad SMARTS) is 1. The van der Waals surface area contributed by atoms with Crippen LogP contribution < -0.4 is 10.1 Å². The van der Waals surface area contributed by atoms with Crippen LogP contribution in [0.5, 0.6) is 5.75 Å². The fraction of sp³-hybridized carbons (Fsp3) is 0.243. The summed E-state index contributed by atoms with van der Waals surface area (Å²) in [5.41, 5.74) is 4.52. The van der Waals surface area contributed by atoms with Crippen LogP contribution in [0.1, 0.15) is 60.6 Å². The van der Waals surface area contributed by atoms with Crippen molar-refractivity contribution in [1.82, 2.24) is 9.88 Å². The summed E-state index contributed by atoms with van der Waals surface area (Å²) < 4.78 is 48.5. The first kappa shape index (κ1) is 34.1. The van der Waals surface area contributed by atoms with Crippen LogP contribution in [-0.4, -0.2) is 53.4 Å². The van der Waals surface area contributed by atoms with Gasteiger partial charge in [0, 0.05) is 36.1 Å². The number of methoxy groups -OCH3 is 1. The second-order valence-corrected chi connectivity index (χ2v) is 11.7. The molecule has 0 aliphatic carbocycles. The highest BCUT2D eigenvalue weighted by molar-refractivity contribution is 6.04. The van der Waals surface area contributed by atoms with Gasteiger partial charge in [0.2, 0.25) is 0 Å². The number of nitrogens with one attached hydrogen (secondary N) is 1. The second-order valence-electron chi connectivity index (χ2n) is 11.7. The van der Waals surface area contributed by atoms with Gasteiger partial charge in [-0.1, -0.05) is 42.5 Å². The van der Waals surface area contributed by atoms with Crippen LogP contribution in [0.3, 0.4) is 0 Å². The number of rotatable bonds is 10. The number of likely N-dealkylation sites (tertiary alicyclic amines) is 1. The molecule has 4 aromatic rings. The molecule has 1 amide bonds. The van der Waals surface area contributed by atoms with Gasteiger partial charge >= 0.3 is 12.1 Å². The highest BCUT2D eigenvalue weighted by Gasteiger charge is 2.35. The average Bonchev–Trinajstić information content (AvgIpc) is 3.54. The Balaban J connectivity index is 1.43. The molecule has 0 spiro atoms. The van der Waals surface area contributed by atoms with Crippen molar-refractivity contribution in [3.8, 4) is 16.9 Å². The summed E-state index contributed by atoms with van der Waals surface area (Å²) >= 11 is 0. The van der Waals surface area contributed by atoms with Crippen molar-refractivity contribution in [2.24, 2.45) is 5.92 Å². The summed E-state index contributed by atoms with van der Waals surface area (Å²) in [6, 6.07) is 16.5. The van der Waals surface area contributed by atoms with Crippen molar-refractivity contribution in [3.63, 3.8) is 0 Å². The number of ether oxygens (including phenoxy) is 1. The Morgan fingerprint density at radius 2 is 1.73 bits per heavy atom. The predicted octanol–water partition coefficient (Wildman–Crippen LogP) is 7.53. The maximum absolute atomic E-state index is 14.3. The van der Waals surface area contributed by atoms with Crippen molar-refractivity contribution in [1.29, 1.82) is 0 Å². The van der Waals surface area contributed by atoms with E-state index >= 15 is 0 Å². The van der Waals surface area contributed by atoms with E-state index in [9.17, 15) is 32.7 Å². The second kappa shape index (κ2) is 14.2. The molecule has 0 unspecified atom stereocenters. The van der Waals surface area contributed by atoms with Crippen molar-refractivity contribution in [2.45, 2.75) is 33.0 Å². The van der Waals surface area contributed by atoms with Crippen LogP contribution in [0.2, 0.25) is 0 Å². The molecule has 0 radical (unpaired) electrons. The largest absolute Gasteiger partial charge is 0.496 e. The minimum atomic E-state index is -4.64. The molecule has 1 fully saturated rings. The number of benzene rings is 3. The molecular weight excluding hydrogens is 623 g/mol. The first-order valence-electron chi connectivity index (χ1n) is 15.2. The first-order chi connectivity index (χ1) is 22.9. The van der Waals surface area contributed by atoms with E-state index in [0.717, 1.165) is 28.3 Å². The summed E-state index contributed by atoms with van der Waals surface area (Å²) in [6.07, 6.45) is 0.825. The van der Waals surface area contributed by atoms with Crippen LogP contribution in [-0.2, 0) is 17.5 Å². The topological polar surface area (TPSA) is 109 Å². The molecular formula is C37H34F3N3O5. The fourth-order valence-electron chi connectivity index (χ4n) is 5.92. The SMILES string of the molecule is COc1cc(/C=C/c2cccc(-c3cccc(NC(=O)c4ccc(C=O)cn4)c3C)c2C)c(C(F)(F)F)cc1CN1CC[C@@H](C(=O)O)C1. The first-order valence-corrected chi connectivity index (χ1v) is 15.2. The average molecular weight is 658 g/mol. The number of hydrogen-bond acceptors (Lipinski definition) is 6. The predicted molar refractivity (Wildman–Crippen MR) is 177 cm³/mol. The van der Waals surface area contributed by atoms with E-state index in [2.05, 4.69) is 10.3 Å². The van der Waals surface area contributed by atoms with Gasteiger partial charge in [0.1, 0.15) is 11.4 Å². The van der Waals surface area contributed by atoms with E-state index in [1.165, 1.54) is 37.6 Å². The molecule has 5 rings (SSSR count). The third-order valence-electron chi connectivity index (χ3n) is 8.62. The van der Waals surface area contributed by atoms with Crippen LogP contribution in [0.15, 0.2) is 66.9 Å². The molecule has 1 atom stereocenters. The number of amides is 1. The van der Waals surface area contributed by atoms with E-state index in [1.54, 1.807) is 18.2 Å². The minimum absolute atomic E-state index is 0.0617. The Bertz CT molecular complexity index is 1890. The standard InChI is InChI=1S/C37H34F3N3O5/c1-22-25(6-4-7-29(22)30-8-5-9-32(23(30)2)42-35(45)33-13-10-24(21-44)18-41-33)11-12-26-17-34(48-3)28(16-31(26)37(38,39)40)20-43-15-14-27(19-43)36(46)47/h4-13,16-18,21,27H,14-15,19-20H2,1-3H3,(H,42,45)(H,46,47)/b12-11+/t27-/m1/s1. The molecule has 1 aliphatic heterocycles. The molecule has 0 bridgehead atoms. The van der Waals surface area contributed by atoms with Crippen LogP contribution >= 0.6 is 0 Å². The van der Waals surface area contributed by atoms with E-state index in [4.69, 9.17) is 4.74 Å².